The smallest absolute Gasteiger partial charge is 0.250 e. The van der Waals surface area contributed by atoms with Crippen molar-refractivity contribution >= 4 is 62.9 Å². The number of nitrogens with one attached hydrogen (secondary N) is 2. The van der Waals surface area contributed by atoms with E-state index in [0.29, 0.717) is 10.9 Å². The van der Waals surface area contributed by atoms with Crippen LogP contribution < -0.4 is 10.0 Å². The van der Waals surface area contributed by atoms with Crippen molar-refractivity contribution in [1.29, 1.82) is 0 Å². The average molecular weight is 493 g/mol. The van der Waals surface area contributed by atoms with E-state index in [9.17, 15) is 8.42 Å². The van der Waals surface area contributed by atoms with E-state index in [1.54, 1.807) is 6.07 Å². The summed E-state index contributed by atoms with van der Waals surface area (Å²) in [5.74, 6) is 0.860. The molecule has 23 heavy (non-hydrogen) atoms. The van der Waals surface area contributed by atoms with Crippen LogP contribution in [0, 0.1) is 0 Å². The standard InChI is InChI=1S/C13H21ClN4O2S2.HI/c1-2-15-13(18-9-3-4-10-18)16-7-8-17-22(19,20)12-6-5-11(14)21-12;/h5-6,17H,2-4,7-10H2,1H3,(H,15,16);1H. The molecule has 0 bridgehead atoms. The van der Waals surface area contributed by atoms with E-state index >= 15 is 0 Å². The van der Waals surface area contributed by atoms with Gasteiger partial charge in [-0.05, 0) is 31.9 Å². The van der Waals surface area contributed by atoms with Gasteiger partial charge in [-0.15, -0.1) is 35.3 Å². The van der Waals surface area contributed by atoms with Crippen LogP contribution in [0.2, 0.25) is 4.34 Å². The lowest BCUT2D eigenvalue weighted by atomic mass is 10.4. The topological polar surface area (TPSA) is 73.8 Å². The first-order chi connectivity index (χ1) is 10.5. The molecule has 1 fully saturated rings. The summed E-state index contributed by atoms with van der Waals surface area (Å²) in [6.07, 6.45) is 2.35. The molecule has 1 aromatic heterocycles. The fraction of sp³-hybridized carbons (Fsp3) is 0.615. The third-order valence-corrected chi connectivity index (χ3v) is 6.40. The summed E-state index contributed by atoms with van der Waals surface area (Å²) < 4.78 is 27.3. The average Bonchev–Trinajstić information content (AvgIpc) is 3.13. The van der Waals surface area contributed by atoms with Crippen LogP contribution in [-0.2, 0) is 10.0 Å². The lowest BCUT2D eigenvalue weighted by molar-refractivity contribution is 0.493. The first kappa shape index (κ1) is 20.9. The highest BCUT2D eigenvalue weighted by Gasteiger charge is 2.17. The van der Waals surface area contributed by atoms with Gasteiger partial charge < -0.3 is 10.2 Å². The lowest BCUT2D eigenvalue weighted by Crippen LogP contribution is -2.40. The number of halogens is 2. The van der Waals surface area contributed by atoms with Crippen LogP contribution >= 0.6 is 46.9 Å². The summed E-state index contributed by atoms with van der Waals surface area (Å²) in [7, 11) is -3.49. The number of nitrogens with zero attached hydrogens (tertiary/aromatic N) is 2. The molecule has 0 amide bonds. The maximum atomic E-state index is 12.0. The molecule has 2 N–H and O–H groups in total. The number of hydrogen-bond acceptors (Lipinski definition) is 4. The van der Waals surface area contributed by atoms with Crippen molar-refractivity contribution in [2.75, 3.05) is 32.7 Å². The molecular formula is C13H22ClIN4O2S2. The minimum absolute atomic E-state index is 0. The van der Waals surface area contributed by atoms with Gasteiger partial charge in [0.2, 0.25) is 10.0 Å². The van der Waals surface area contributed by atoms with Crippen molar-refractivity contribution in [2.24, 2.45) is 4.99 Å². The number of rotatable bonds is 6. The van der Waals surface area contributed by atoms with Crippen LogP contribution in [-0.4, -0.2) is 52.0 Å². The molecule has 1 aliphatic rings. The third kappa shape index (κ3) is 6.37. The molecule has 10 heteroatoms. The monoisotopic (exact) mass is 492 g/mol. The van der Waals surface area contributed by atoms with Gasteiger partial charge in [0.15, 0.2) is 5.96 Å². The fourth-order valence-corrected chi connectivity index (χ4v) is 4.76. The molecule has 132 valence electrons. The second kappa shape index (κ2) is 10.0. The zero-order valence-corrected chi connectivity index (χ0v) is 17.6. The predicted molar refractivity (Wildman–Crippen MR) is 107 cm³/mol. The Morgan fingerprint density at radius 3 is 2.65 bits per heavy atom. The molecule has 0 spiro atoms. The molecule has 1 saturated heterocycles. The van der Waals surface area contributed by atoms with Gasteiger partial charge in [-0.2, -0.15) is 0 Å². The number of hydrogen-bond donors (Lipinski definition) is 2. The first-order valence-corrected chi connectivity index (χ1v) is 9.99. The lowest BCUT2D eigenvalue weighted by Gasteiger charge is -2.20. The molecular weight excluding hydrogens is 471 g/mol. The highest BCUT2D eigenvalue weighted by atomic mass is 127. The molecule has 2 rings (SSSR count). The van der Waals surface area contributed by atoms with Gasteiger partial charge in [0.25, 0.3) is 0 Å². The van der Waals surface area contributed by atoms with Crippen molar-refractivity contribution in [2.45, 2.75) is 24.0 Å². The van der Waals surface area contributed by atoms with Crippen LogP contribution in [0.25, 0.3) is 0 Å². The molecule has 1 aliphatic heterocycles. The number of guanidine groups is 1. The maximum Gasteiger partial charge on any atom is 0.250 e. The fourth-order valence-electron chi connectivity index (χ4n) is 2.21. The summed E-state index contributed by atoms with van der Waals surface area (Å²) in [4.78, 5) is 6.68. The van der Waals surface area contributed by atoms with E-state index < -0.39 is 10.0 Å². The highest BCUT2D eigenvalue weighted by molar-refractivity contribution is 14.0. The van der Waals surface area contributed by atoms with Crippen molar-refractivity contribution < 1.29 is 8.42 Å². The zero-order chi connectivity index (χ0) is 16.0. The SMILES string of the molecule is CCNC(=NCCNS(=O)(=O)c1ccc(Cl)s1)N1CCCC1.I. The number of likely N-dealkylation sites (tertiary alicyclic amines) is 1. The van der Waals surface area contributed by atoms with Crippen molar-refractivity contribution in [3.8, 4) is 0 Å². The van der Waals surface area contributed by atoms with Crippen LogP contribution in [0.3, 0.4) is 0 Å². The molecule has 0 saturated carbocycles. The van der Waals surface area contributed by atoms with E-state index in [-0.39, 0.29) is 34.7 Å². The Morgan fingerprint density at radius 1 is 1.39 bits per heavy atom. The Morgan fingerprint density at radius 2 is 2.09 bits per heavy atom. The van der Waals surface area contributed by atoms with E-state index in [1.165, 1.54) is 18.9 Å². The minimum Gasteiger partial charge on any atom is -0.357 e. The van der Waals surface area contributed by atoms with Crippen LogP contribution in [0.5, 0.6) is 0 Å². The minimum atomic E-state index is -3.49. The highest BCUT2D eigenvalue weighted by Crippen LogP contribution is 2.25. The molecule has 0 unspecified atom stereocenters. The Labute approximate surface area is 163 Å². The predicted octanol–water partition coefficient (Wildman–Crippen LogP) is 2.36. The molecule has 0 aromatic carbocycles. The summed E-state index contributed by atoms with van der Waals surface area (Å²) in [5, 5.41) is 3.24. The van der Waals surface area contributed by atoms with E-state index in [4.69, 9.17) is 11.6 Å². The summed E-state index contributed by atoms with van der Waals surface area (Å²) in [5.41, 5.74) is 0. The molecule has 1 aromatic rings. The Balaban J connectivity index is 0.00000264. The molecule has 0 radical (unpaired) electrons. The molecule has 6 nitrogen and oxygen atoms in total. The second-order valence-electron chi connectivity index (χ2n) is 4.89. The molecule has 0 atom stereocenters. The first-order valence-electron chi connectivity index (χ1n) is 7.31. The quantitative estimate of drug-likeness (QED) is 0.277. The maximum absolute atomic E-state index is 12.0. The summed E-state index contributed by atoms with van der Waals surface area (Å²) in [6, 6.07) is 3.09. The van der Waals surface area contributed by atoms with Crippen LogP contribution in [0.15, 0.2) is 21.3 Å². The van der Waals surface area contributed by atoms with Gasteiger partial charge in [-0.1, -0.05) is 11.6 Å². The number of sulfonamides is 1. The van der Waals surface area contributed by atoms with Crippen molar-refractivity contribution in [3.63, 3.8) is 0 Å². The van der Waals surface area contributed by atoms with Gasteiger partial charge in [0, 0.05) is 26.2 Å². The Kier molecular flexibility index (Phi) is 9.12. The van der Waals surface area contributed by atoms with Gasteiger partial charge in [0.05, 0.1) is 10.9 Å². The number of thiophene rings is 1. The normalized spacial score (nSPS) is 15.6. The van der Waals surface area contributed by atoms with Gasteiger partial charge in [-0.3, -0.25) is 4.99 Å². The largest absolute Gasteiger partial charge is 0.357 e. The summed E-state index contributed by atoms with van der Waals surface area (Å²) >= 11 is 6.81. The second-order valence-corrected chi connectivity index (χ2v) is 8.60. The van der Waals surface area contributed by atoms with Crippen molar-refractivity contribution in [1.82, 2.24) is 14.9 Å². The Bertz CT molecular complexity index is 615. The van der Waals surface area contributed by atoms with Crippen LogP contribution in [0.1, 0.15) is 19.8 Å². The third-order valence-electron chi connectivity index (χ3n) is 3.22. The van der Waals surface area contributed by atoms with Crippen molar-refractivity contribution in [3.05, 3.63) is 16.5 Å². The van der Waals surface area contributed by atoms with E-state index in [1.807, 2.05) is 6.92 Å². The van der Waals surface area contributed by atoms with Gasteiger partial charge in [0.1, 0.15) is 4.21 Å². The van der Waals surface area contributed by atoms with Gasteiger partial charge in [-0.25, -0.2) is 13.1 Å². The van der Waals surface area contributed by atoms with Gasteiger partial charge >= 0.3 is 0 Å². The Hall–Kier alpha value is -0.100. The van der Waals surface area contributed by atoms with E-state index in [2.05, 4.69) is 19.9 Å². The van der Waals surface area contributed by atoms with E-state index in [0.717, 1.165) is 36.9 Å². The number of aliphatic imine (C=N–C) groups is 1. The van der Waals surface area contributed by atoms with Crippen LogP contribution in [0.4, 0.5) is 0 Å². The zero-order valence-electron chi connectivity index (χ0n) is 12.9. The molecule has 2 heterocycles. The summed E-state index contributed by atoms with van der Waals surface area (Å²) in [6.45, 7) is 5.50. The molecule has 0 aliphatic carbocycles.